The van der Waals surface area contributed by atoms with Crippen molar-refractivity contribution in [2.45, 2.75) is 38.2 Å². The lowest BCUT2D eigenvalue weighted by Crippen LogP contribution is -2.40. The molecule has 0 spiro atoms. The Hall–Kier alpha value is -0.910. The SMILES string of the molecule is COCC(O)CN(C)CC(=O)NCCC1=CCCCC1. The minimum Gasteiger partial charge on any atom is -0.389 e. The van der Waals surface area contributed by atoms with Gasteiger partial charge in [0.1, 0.15) is 0 Å². The first kappa shape index (κ1) is 17.1. The lowest BCUT2D eigenvalue weighted by Gasteiger charge is -2.19. The molecule has 0 aromatic rings. The van der Waals surface area contributed by atoms with Gasteiger partial charge in [0, 0.05) is 20.2 Å². The number of hydrogen-bond acceptors (Lipinski definition) is 4. The Morgan fingerprint density at radius 2 is 2.35 bits per heavy atom. The molecule has 0 fully saturated rings. The summed E-state index contributed by atoms with van der Waals surface area (Å²) in [5.74, 6) is 0.00789. The van der Waals surface area contributed by atoms with Gasteiger partial charge in [-0.3, -0.25) is 9.69 Å². The minimum absolute atomic E-state index is 0.00789. The molecule has 1 amide bonds. The van der Waals surface area contributed by atoms with E-state index in [9.17, 15) is 9.90 Å². The van der Waals surface area contributed by atoms with Crippen LogP contribution in [-0.2, 0) is 9.53 Å². The summed E-state index contributed by atoms with van der Waals surface area (Å²) in [5, 5.41) is 12.5. The normalized spacial score (nSPS) is 16.9. The van der Waals surface area contributed by atoms with E-state index in [2.05, 4.69) is 11.4 Å². The standard InChI is InChI=1S/C15H28N2O3/c1-17(10-14(18)12-20-2)11-15(19)16-9-8-13-6-4-3-5-7-13/h6,14,18H,3-5,7-12H2,1-2H3,(H,16,19). The maximum atomic E-state index is 11.7. The van der Waals surface area contributed by atoms with E-state index in [4.69, 9.17) is 4.74 Å². The summed E-state index contributed by atoms with van der Waals surface area (Å²) >= 11 is 0. The smallest absolute Gasteiger partial charge is 0.234 e. The topological polar surface area (TPSA) is 61.8 Å². The van der Waals surface area contributed by atoms with Gasteiger partial charge >= 0.3 is 0 Å². The molecule has 0 radical (unpaired) electrons. The van der Waals surface area contributed by atoms with Crippen molar-refractivity contribution in [2.24, 2.45) is 0 Å². The molecule has 1 aliphatic rings. The zero-order valence-electron chi connectivity index (χ0n) is 12.7. The zero-order valence-corrected chi connectivity index (χ0v) is 12.7. The first-order chi connectivity index (χ1) is 9.61. The molecule has 0 bridgehead atoms. The largest absolute Gasteiger partial charge is 0.389 e. The zero-order chi connectivity index (χ0) is 14.8. The minimum atomic E-state index is -0.551. The quantitative estimate of drug-likeness (QED) is 0.618. The van der Waals surface area contributed by atoms with E-state index in [0.717, 1.165) is 6.42 Å². The molecule has 0 saturated carbocycles. The molecule has 5 heteroatoms. The van der Waals surface area contributed by atoms with Crippen molar-refractivity contribution in [3.05, 3.63) is 11.6 Å². The van der Waals surface area contributed by atoms with E-state index in [0.29, 0.717) is 26.2 Å². The lowest BCUT2D eigenvalue weighted by molar-refractivity contribution is -0.122. The number of likely N-dealkylation sites (N-methyl/N-ethyl adjacent to an activating group) is 1. The van der Waals surface area contributed by atoms with Crippen LogP contribution >= 0.6 is 0 Å². The highest BCUT2D eigenvalue weighted by atomic mass is 16.5. The third-order valence-electron chi connectivity index (χ3n) is 3.45. The third kappa shape index (κ3) is 7.62. The van der Waals surface area contributed by atoms with Crippen molar-refractivity contribution < 1.29 is 14.6 Å². The number of aliphatic hydroxyl groups is 1. The molecule has 0 aliphatic heterocycles. The fraction of sp³-hybridized carbons (Fsp3) is 0.800. The van der Waals surface area contributed by atoms with Crippen LogP contribution in [0.5, 0.6) is 0 Å². The summed E-state index contributed by atoms with van der Waals surface area (Å²) in [5.41, 5.74) is 1.47. The highest BCUT2D eigenvalue weighted by Crippen LogP contribution is 2.19. The molecule has 1 aliphatic carbocycles. The van der Waals surface area contributed by atoms with Gasteiger partial charge in [0.25, 0.3) is 0 Å². The fourth-order valence-electron chi connectivity index (χ4n) is 2.46. The van der Waals surface area contributed by atoms with Crippen LogP contribution in [0, 0.1) is 0 Å². The van der Waals surface area contributed by atoms with Gasteiger partial charge in [0.2, 0.25) is 5.91 Å². The van der Waals surface area contributed by atoms with Crippen LogP contribution in [0.3, 0.4) is 0 Å². The summed E-state index contributed by atoms with van der Waals surface area (Å²) in [6, 6.07) is 0. The predicted octanol–water partition coefficient (Wildman–Crippen LogP) is 0.932. The monoisotopic (exact) mass is 284 g/mol. The van der Waals surface area contributed by atoms with E-state index in [1.54, 1.807) is 12.0 Å². The Morgan fingerprint density at radius 1 is 1.55 bits per heavy atom. The van der Waals surface area contributed by atoms with Crippen molar-refractivity contribution in [3.63, 3.8) is 0 Å². The number of carbonyl (C=O) groups is 1. The number of amides is 1. The average Bonchev–Trinajstić information content (AvgIpc) is 2.39. The molecule has 0 aromatic carbocycles. The molecule has 0 aromatic heterocycles. The van der Waals surface area contributed by atoms with Crippen molar-refractivity contribution in [1.82, 2.24) is 10.2 Å². The van der Waals surface area contributed by atoms with Crippen LogP contribution in [0.1, 0.15) is 32.1 Å². The first-order valence-electron chi connectivity index (χ1n) is 7.42. The molecule has 0 saturated heterocycles. The molecular weight excluding hydrogens is 256 g/mol. The van der Waals surface area contributed by atoms with Gasteiger partial charge in [-0.05, 0) is 39.2 Å². The molecule has 0 heterocycles. The van der Waals surface area contributed by atoms with Crippen molar-refractivity contribution in [3.8, 4) is 0 Å². The van der Waals surface area contributed by atoms with Gasteiger partial charge in [-0.15, -0.1) is 0 Å². The molecule has 2 N–H and O–H groups in total. The third-order valence-corrected chi connectivity index (χ3v) is 3.45. The van der Waals surface area contributed by atoms with Gasteiger partial charge < -0.3 is 15.2 Å². The average molecular weight is 284 g/mol. The predicted molar refractivity (Wildman–Crippen MR) is 79.6 cm³/mol. The van der Waals surface area contributed by atoms with Crippen LogP contribution in [0.2, 0.25) is 0 Å². The Labute approximate surface area is 122 Å². The Balaban J connectivity index is 2.11. The number of nitrogens with one attached hydrogen (secondary N) is 1. The number of ether oxygens (including phenoxy) is 1. The lowest BCUT2D eigenvalue weighted by atomic mass is 9.97. The summed E-state index contributed by atoms with van der Waals surface area (Å²) in [6.07, 6.45) is 7.65. The van der Waals surface area contributed by atoms with E-state index in [-0.39, 0.29) is 5.91 Å². The van der Waals surface area contributed by atoms with Crippen LogP contribution < -0.4 is 5.32 Å². The highest BCUT2D eigenvalue weighted by molar-refractivity contribution is 5.77. The molecule has 5 nitrogen and oxygen atoms in total. The number of methoxy groups -OCH3 is 1. The Kier molecular flexibility index (Phi) is 8.49. The van der Waals surface area contributed by atoms with Gasteiger partial charge in [0.15, 0.2) is 0 Å². The van der Waals surface area contributed by atoms with Crippen LogP contribution in [0.15, 0.2) is 11.6 Å². The second-order valence-corrected chi connectivity index (χ2v) is 5.51. The molecule has 1 unspecified atom stereocenters. The molecule has 116 valence electrons. The highest BCUT2D eigenvalue weighted by Gasteiger charge is 2.11. The van der Waals surface area contributed by atoms with E-state index < -0.39 is 6.10 Å². The molecular formula is C15H28N2O3. The van der Waals surface area contributed by atoms with Gasteiger partial charge in [0.05, 0.1) is 19.3 Å². The Bertz CT molecular complexity index is 318. The van der Waals surface area contributed by atoms with Crippen LogP contribution in [0.25, 0.3) is 0 Å². The van der Waals surface area contributed by atoms with E-state index in [1.807, 2.05) is 7.05 Å². The van der Waals surface area contributed by atoms with Crippen LogP contribution in [-0.4, -0.2) is 62.4 Å². The molecule has 1 atom stereocenters. The number of carbonyl (C=O) groups excluding carboxylic acids is 1. The van der Waals surface area contributed by atoms with Crippen molar-refractivity contribution >= 4 is 5.91 Å². The van der Waals surface area contributed by atoms with Gasteiger partial charge in [-0.2, -0.15) is 0 Å². The molecule has 20 heavy (non-hydrogen) atoms. The van der Waals surface area contributed by atoms with Gasteiger partial charge in [-0.1, -0.05) is 11.6 Å². The van der Waals surface area contributed by atoms with Gasteiger partial charge in [-0.25, -0.2) is 0 Å². The molecule has 1 rings (SSSR count). The summed E-state index contributed by atoms with van der Waals surface area (Å²) in [6.45, 7) is 1.74. The van der Waals surface area contributed by atoms with E-state index >= 15 is 0 Å². The summed E-state index contributed by atoms with van der Waals surface area (Å²) < 4.78 is 4.86. The summed E-state index contributed by atoms with van der Waals surface area (Å²) in [4.78, 5) is 13.6. The van der Waals surface area contributed by atoms with Crippen molar-refractivity contribution in [1.29, 1.82) is 0 Å². The number of rotatable bonds is 9. The maximum Gasteiger partial charge on any atom is 0.234 e. The van der Waals surface area contributed by atoms with Crippen molar-refractivity contribution in [2.75, 3.05) is 40.4 Å². The number of aliphatic hydroxyl groups excluding tert-OH is 1. The number of nitrogens with zero attached hydrogens (tertiary/aromatic N) is 1. The summed E-state index contributed by atoms with van der Waals surface area (Å²) in [7, 11) is 3.37. The van der Waals surface area contributed by atoms with Crippen LogP contribution in [0.4, 0.5) is 0 Å². The fourth-order valence-corrected chi connectivity index (χ4v) is 2.46. The van der Waals surface area contributed by atoms with E-state index in [1.165, 1.54) is 31.3 Å². The number of allylic oxidation sites excluding steroid dienone is 1. The second kappa shape index (κ2) is 9.91. The first-order valence-corrected chi connectivity index (χ1v) is 7.42. The number of hydrogen-bond donors (Lipinski definition) is 2. The second-order valence-electron chi connectivity index (χ2n) is 5.51. The Morgan fingerprint density at radius 3 is 3.00 bits per heavy atom. The maximum absolute atomic E-state index is 11.7.